The molecule has 0 spiro atoms. The van der Waals surface area contributed by atoms with Crippen LogP contribution in [0.2, 0.25) is 0 Å². The first-order valence-electron chi connectivity index (χ1n) is 6.58. The van der Waals surface area contributed by atoms with Crippen LogP contribution >= 0.6 is 0 Å². The van der Waals surface area contributed by atoms with Crippen molar-refractivity contribution in [1.29, 1.82) is 0 Å². The number of amides is 1. The molecule has 0 aliphatic carbocycles. The van der Waals surface area contributed by atoms with Crippen molar-refractivity contribution in [3.8, 4) is 0 Å². The van der Waals surface area contributed by atoms with Crippen LogP contribution in [-0.2, 0) is 11.3 Å². The predicted octanol–water partition coefficient (Wildman–Crippen LogP) is 1.15. The Bertz CT molecular complexity index is 335. The van der Waals surface area contributed by atoms with Gasteiger partial charge in [0.25, 0.3) is 0 Å². The third kappa shape index (κ3) is 5.82. The molecule has 0 radical (unpaired) electrons. The van der Waals surface area contributed by atoms with Crippen LogP contribution in [0.15, 0.2) is 18.7 Å². The standard InChI is InChI=1S/C13H24N4O/c1-11(2)9-12(14)13(18)16-5-3-4-7-17-8-6-15-10-17/h6,8,10-12H,3-5,7,9,14H2,1-2H3,(H,16,18)/t12-/m0/s1. The fourth-order valence-electron chi connectivity index (χ4n) is 1.80. The molecule has 1 atom stereocenters. The van der Waals surface area contributed by atoms with Gasteiger partial charge in [-0.2, -0.15) is 0 Å². The highest BCUT2D eigenvalue weighted by Crippen LogP contribution is 2.02. The summed E-state index contributed by atoms with van der Waals surface area (Å²) in [4.78, 5) is 15.6. The van der Waals surface area contributed by atoms with Gasteiger partial charge in [-0.25, -0.2) is 4.98 Å². The van der Waals surface area contributed by atoms with Crippen LogP contribution < -0.4 is 11.1 Å². The molecule has 18 heavy (non-hydrogen) atoms. The van der Waals surface area contributed by atoms with E-state index in [1.165, 1.54) is 0 Å². The number of hydrogen-bond donors (Lipinski definition) is 2. The number of nitrogens with two attached hydrogens (primary N) is 1. The van der Waals surface area contributed by atoms with E-state index in [4.69, 9.17) is 5.73 Å². The Morgan fingerprint density at radius 3 is 2.83 bits per heavy atom. The number of carbonyl (C=O) groups excluding carboxylic acids is 1. The summed E-state index contributed by atoms with van der Waals surface area (Å²) in [6.07, 6.45) is 8.23. The van der Waals surface area contributed by atoms with Crippen LogP contribution in [0.4, 0.5) is 0 Å². The van der Waals surface area contributed by atoms with E-state index >= 15 is 0 Å². The minimum Gasteiger partial charge on any atom is -0.355 e. The second-order valence-electron chi connectivity index (χ2n) is 5.03. The summed E-state index contributed by atoms with van der Waals surface area (Å²) >= 11 is 0. The highest BCUT2D eigenvalue weighted by atomic mass is 16.2. The smallest absolute Gasteiger partial charge is 0.236 e. The van der Waals surface area contributed by atoms with Gasteiger partial charge in [-0.05, 0) is 25.2 Å². The SMILES string of the molecule is CC(C)C[C@H](N)C(=O)NCCCCn1ccnc1. The molecule has 1 aromatic rings. The van der Waals surface area contributed by atoms with Crippen LogP contribution in [0, 0.1) is 5.92 Å². The van der Waals surface area contributed by atoms with Crippen molar-refractivity contribution < 1.29 is 4.79 Å². The monoisotopic (exact) mass is 252 g/mol. The Hall–Kier alpha value is -1.36. The summed E-state index contributed by atoms with van der Waals surface area (Å²) in [6.45, 7) is 5.77. The quantitative estimate of drug-likeness (QED) is 0.682. The Morgan fingerprint density at radius 2 is 2.22 bits per heavy atom. The Kier molecular flexibility index (Phi) is 6.43. The van der Waals surface area contributed by atoms with Crippen molar-refractivity contribution in [3.05, 3.63) is 18.7 Å². The molecule has 0 saturated carbocycles. The first kappa shape index (κ1) is 14.7. The third-order valence-electron chi connectivity index (χ3n) is 2.76. The second kappa shape index (κ2) is 7.87. The van der Waals surface area contributed by atoms with Crippen molar-refractivity contribution in [2.45, 2.75) is 45.7 Å². The zero-order valence-electron chi connectivity index (χ0n) is 11.3. The van der Waals surface area contributed by atoms with E-state index in [0.29, 0.717) is 12.5 Å². The summed E-state index contributed by atoms with van der Waals surface area (Å²) in [5.74, 6) is 0.415. The van der Waals surface area contributed by atoms with E-state index in [0.717, 1.165) is 25.8 Å². The van der Waals surface area contributed by atoms with E-state index < -0.39 is 0 Å². The summed E-state index contributed by atoms with van der Waals surface area (Å²) in [6, 6.07) is -0.376. The van der Waals surface area contributed by atoms with Crippen LogP contribution in [0.3, 0.4) is 0 Å². The minimum absolute atomic E-state index is 0.0358. The van der Waals surface area contributed by atoms with Gasteiger partial charge in [0.1, 0.15) is 0 Å². The molecule has 1 heterocycles. The van der Waals surface area contributed by atoms with Gasteiger partial charge in [-0.1, -0.05) is 13.8 Å². The van der Waals surface area contributed by atoms with Crippen molar-refractivity contribution in [3.63, 3.8) is 0 Å². The predicted molar refractivity (Wildman–Crippen MR) is 71.9 cm³/mol. The molecule has 3 N–H and O–H groups in total. The van der Waals surface area contributed by atoms with Gasteiger partial charge in [0, 0.05) is 25.5 Å². The van der Waals surface area contributed by atoms with Crippen LogP contribution in [0.25, 0.3) is 0 Å². The molecule has 0 bridgehead atoms. The van der Waals surface area contributed by atoms with E-state index in [1.54, 1.807) is 12.5 Å². The first-order chi connectivity index (χ1) is 8.59. The number of nitrogens with one attached hydrogen (secondary N) is 1. The molecular weight excluding hydrogens is 228 g/mol. The van der Waals surface area contributed by atoms with Crippen molar-refractivity contribution in [2.24, 2.45) is 11.7 Å². The molecule has 0 saturated heterocycles. The van der Waals surface area contributed by atoms with Gasteiger partial charge in [0.2, 0.25) is 5.91 Å². The lowest BCUT2D eigenvalue weighted by atomic mass is 10.0. The number of carbonyl (C=O) groups is 1. The Morgan fingerprint density at radius 1 is 1.44 bits per heavy atom. The average Bonchev–Trinajstić information content (AvgIpc) is 2.80. The molecular formula is C13H24N4O. The van der Waals surface area contributed by atoms with Crippen LogP contribution in [0.5, 0.6) is 0 Å². The van der Waals surface area contributed by atoms with Gasteiger partial charge in [-0.3, -0.25) is 4.79 Å². The van der Waals surface area contributed by atoms with E-state index in [-0.39, 0.29) is 11.9 Å². The second-order valence-corrected chi connectivity index (χ2v) is 5.03. The maximum Gasteiger partial charge on any atom is 0.236 e. The van der Waals surface area contributed by atoms with Crippen LogP contribution in [-0.4, -0.2) is 28.0 Å². The Labute approximate surface area is 109 Å². The molecule has 1 aromatic heterocycles. The highest BCUT2D eigenvalue weighted by molar-refractivity contribution is 5.81. The first-order valence-corrected chi connectivity index (χ1v) is 6.58. The zero-order valence-corrected chi connectivity index (χ0v) is 11.3. The third-order valence-corrected chi connectivity index (χ3v) is 2.76. The number of nitrogens with zero attached hydrogens (tertiary/aromatic N) is 2. The van der Waals surface area contributed by atoms with Gasteiger partial charge in [-0.15, -0.1) is 0 Å². The number of imidazole rings is 1. The van der Waals surface area contributed by atoms with Crippen LogP contribution in [0.1, 0.15) is 33.1 Å². The van der Waals surface area contributed by atoms with Crippen molar-refractivity contribution in [2.75, 3.05) is 6.54 Å². The molecule has 5 nitrogen and oxygen atoms in total. The fourth-order valence-corrected chi connectivity index (χ4v) is 1.80. The van der Waals surface area contributed by atoms with Gasteiger partial charge in [0.05, 0.1) is 12.4 Å². The van der Waals surface area contributed by atoms with Gasteiger partial charge >= 0.3 is 0 Å². The fraction of sp³-hybridized carbons (Fsp3) is 0.692. The van der Waals surface area contributed by atoms with Crippen molar-refractivity contribution >= 4 is 5.91 Å². The minimum atomic E-state index is -0.376. The highest BCUT2D eigenvalue weighted by Gasteiger charge is 2.13. The summed E-state index contributed by atoms with van der Waals surface area (Å²) in [5.41, 5.74) is 5.79. The van der Waals surface area contributed by atoms with Gasteiger partial charge < -0.3 is 15.6 Å². The summed E-state index contributed by atoms with van der Waals surface area (Å²) < 4.78 is 2.03. The molecule has 0 unspecified atom stereocenters. The number of rotatable bonds is 8. The molecule has 0 aliphatic rings. The lowest BCUT2D eigenvalue weighted by molar-refractivity contribution is -0.122. The molecule has 0 fully saturated rings. The molecule has 0 aliphatic heterocycles. The maximum absolute atomic E-state index is 11.6. The van der Waals surface area contributed by atoms with Crippen molar-refractivity contribution in [1.82, 2.24) is 14.9 Å². The molecule has 5 heteroatoms. The van der Waals surface area contributed by atoms with E-state index in [2.05, 4.69) is 24.1 Å². The molecule has 102 valence electrons. The summed E-state index contributed by atoms with van der Waals surface area (Å²) in [7, 11) is 0. The molecule has 1 amide bonds. The lowest BCUT2D eigenvalue weighted by Gasteiger charge is -2.14. The average molecular weight is 252 g/mol. The number of unbranched alkanes of at least 4 members (excludes halogenated alkanes) is 1. The summed E-state index contributed by atoms with van der Waals surface area (Å²) in [5, 5.41) is 2.88. The molecule has 0 aromatic carbocycles. The number of aromatic nitrogens is 2. The number of aryl methyl sites for hydroxylation is 1. The topological polar surface area (TPSA) is 72.9 Å². The molecule has 1 rings (SSSR count). The van der Waals surface area contributed by atoms with E-state index in [1.807, 2.05) is 10.8 Å². The lowest BCUT2D eigenvalue weighted by Crippen LogP contribution is -2.41. The largest absolute Gasteiger partial charge is 0.355 e. The zero-order chi connectivity index (χ0) is 13.4. The van der Waals surface area contributed by atoms with E-state index in [9.17, 15) is 4.79 Å². The maximum atomic E-state index is 11.6. The number of hydrogen-bond acceptors (Lipinski definition) is 3. The Balaban J connectivity index is 2.05. The normalized spacial score (nSPS) is 12.7. The van der Waals surface area contributed by atoms with Gasteiger partial charge in [0.15, 0.2) is 0 Å².